The predicted molar refractivity (Wildman–Crippen MR) is 42.3 cm³/mol. The molecule has 1 heterocycles. The Morgan fingerprint density at radius 2 is 1.92 bits per heavy atom. The summed E-state index contributed by atoms with van der Waals surface area (Å²) in [5.74, 6) is -0.357. The van der Waals surface area contributed by atoms with Crippen molar-refractivity contribution in [3.05, 3.63) is 0 Å². The van der Waals surface area contributed by atoms with Crippen LogP contribution in [0.25, 0.3) is 0 Å². The van der Waals surface area contributed by atoms with Gasteiger partial charge in [-0.1, -0.05) is 6.92 Å². The molecule has 1 unspecified atom stereocenters. The van der Waals surface area contributed by atoms with Crippen molar-refractivity contribution < 1.29 is 20.1 Å². The van der Waals surface area contributed by atoms with Crippen molar-refractivity contribution in [2.45, 2.75) is 44.9 Å². The van der Waals surface area contributed by atoms with Crippen LogP contribution in [0.4, 0.5) is 0 Å². The van der Waals surface area contributed by atoms with Crippen molar-refractivity contribution in [3.8, 4) is 0 Å². The topological polar surface area (TPSA) is 69.9 Å². The van der Waals surface area contributed by atoms with Crippen molar-refractivity contribution in [1.82, 2.24) is 0 Å². The highest BCUT2D eigenvalue weighted by Gasteiger charge is 2.51. The zero-order valence-electron chi connectivity index (χ0n) is 7.56. The highest BCUT2D eigenvalue weighted by atomic mass is 16.6. The Bertz CT molecular complexity index is 170. The van der Waals surface area contributed by atoms with Gasteiger partial charge in [0.2, 0.25) is 0 Å². The van der Waals surface area contributed by atoms with Crippen molar-refractivity contribution in [1.29, 1.82) is 0 Å². The van der Waals surface area contributed by atoms with Gasteiger partial charge in [0.1, 0.15) is 5.60 Å². The van der Waals surface area contributed by atoms with Gasteiger partial charge in [0.15, 0.2) is 6.29 Å². The van der Waals surface area contributed by atoms with Crippen LogP contribution in [-0.2, 0) is 4.74 Å². The lowest BCUT2D eigenvalue weighted by atomic mass is 9.89. The average molecular weight is 176 g/mol. The summed E-state index contributed by atoms with van der Waals surface area (Å²) in [6, 6.07) is 0. The molecule has 0 spiro atoms. The zero-order valence-corrected chi connectivity index (χ0v) is 7.56. The number of hydrogen-bond acceptors (Lipinski definition) is 4. The lowest BCUT2D eigenvalue weighted by Crippen LogP contribution is -2.47. The van der Waals surface area contributed by atoms with Crippen LogP contribution >= 0.6 is 0 Å². The summed E-state index contributed by atoms with van der Waals surface area (Å²) in [5, 5.41) is 28.2. The maximum Gasteiger partial charge on any atom is 0.160 e. The van der Waals surface area contributed by atoms with Gasteiger partial charge in [0, 0.05) is 5.92 Å². The van der Waals surface area contributed by atoms with E-state index in [2.05, 4.69) is 0 Å². The Labute approximate surface area is 71.8 Å². The van der Waals surface area contributed by atoms with Crippen LogP contribution in [0.3, 0.4) is 0 Å². The average Bonchev–Trinajstić information content (AvgIpc) is 2.17. The van der Waals surface area contributed by atoms with E-state index in [9.17, 15) is 15.3 Å². The van der Waals surface area contributed by atoms with Crippen LogP contribution in [0.2, 0.25) is 0 Å². The summed E-state index contributed by atoms with van der Waals surface area (Å²) in [6.07, 6.45) is -2.61. The first-order valence-electron chi connectivity index (χ1n) is 4.11. The van der Waals surface area contributed by atoms with E-state index in [-0.39, 0.29) is 5.92 Å². The molecule has 0 saturated carbocycles. The summed E-state index contributed by atoms with van der Waals surface area (Å²) in [5.41, 5.74) is -1.04. The van der Waals surface area contributed by atoms with Crippen molar-refractivity contribution in [2.24, 2.45) is 5.92 Å². The van der Waals surface area contributed by atoms with Gasteiger partial charge in [-0.25, -0.2) is 0 Å². The normalized spacial score (nSPS) is 51.0. The van der Waals surface area contributed by atoms with Gasteiger partial charge in [-0.15, -0.1) is 0 Å². The Hall–Kier alpha value is -0.160. The molecule has 72 valence electrons. The SMILES string of the molecule is C[C@H]1C(O)O[C@](C)([C@@H](C)O)[C@@H]1O. The first-order valence-corrected chi connectivity index (χ1v) is 4.11. The van der Waals surface area contributed by atoms with Gasteiger partial charge in [-0.2, -0.15) is 0 Å². The van der Waals surface area contributed by atoms with Crippen molar-refractivity contribution >= 4 is 0 Å². The largest absolute Gasteiger partial charge is 0.390 e. The molecule has 1 fully saturated rings. The van der Waals surface area contributed by atoms with E-state index in [0.717, 1.165) is 0 Å². The summed E-state index contributed by atoms with van der Waals surface area (Å²) in [4.78, 5) is 0. The Morgan fingerprint density at radius 1 is 1.42 bits per heavy atom. The molecule has 12 heavy (non-hydrogen) atoms. The van der Waals surface area contributed by atoms with Crippen molar-refractivity contribution in [2.75, 3.05) is 0 Å². The fourth-order valence-corrected chi connectivity index (χ4v) is 1.46. The van der Waals surface area contributed by atoms with Crippen LogP contribution in [0, 0.1) is 5.92 Å². The minimum absolute atomic E-state index is 0.357. The molecule has 0 amide bonds. The minimum atomic E-state index is -1.04. The Balaban J connectivity index is 2.82. The number of aliphatic hydroxyl groups is 3. The van der Waals surface area contributed by atoms with Crippen molar-refractivity contribution in [3.63, 3.8) is 0 Å². The summed E-state index contributed by atoms with van der Waals surface area (Å²) < 4.78 is 5.09. The molecule has 0 aromatic rings. The van der Waals surface area contributed by atoms with Gasteiger partial charge < -0.3 is 20.1 Å². The number of rotatable bonds is 1. The maximum absolute atomic E-state index is 9.61. The Morgan fingerprint density at radius 3 is 2.08 bits per heavy atom. The molecule has 0 radical (unpaired) electrons. The fraction of sp³-hybridized carbons (Fsp3) is 1.00. The molecule has 1 saturated heterocycles. The molecule has 1 rings (SSSR count). The van der Waals surface area contributed by atoms with Gasteiger partial charge in [-0.05, 0) is 13.8 Å². The molecular weight excluding hydrogens is 160 g/mol. The van der Waals surface area contributed by atoms with E-state index < -0.39 is 24.1 Å². The fourth-order valence-electron chi connectivity index (χ4n) is 1.46. The maximum atomic E-state index is 9.61. The molecule has 4 heteroatoms. The molecule has 3 N–H and O–H groups in total. The van der Waals surface area contributed by atoms with Gasteiger partial charge in [0.25, 0.3) is 0 Å². The highest BCUT2D eigenvalue weighted by molar-refractivity contribution is 4.97. The number of aliphatic hydroxyl groups excluding tert-OH is 3. The van der Waals surface area contributed by atoms with Crippen LogP contribution in [0.5, 0.6) is 0 Å². The third-order valence-corrected chi connectivity index (χ3v) is 2.74. The van der Waals surface area contributed by atoms with Crippen LogP contribution in [0.15, 0.2) is 0 Å². The van der Waals surface area contributed by atoms with E-state index in [1.165, 1.54) is 6.92 Å². The molecule has 0 bridgehead atoms. The smallest absolute Gasteiger partial charge is 0.160 e. The zero-order chi connectivity index (χ0) is 9.52. The monoisotopic (exact) mass is 176 g/mol. The van der Waals surface area contributed by atoms with Crippen LogP contribution < -0.4 is 0 Å². The van der Waals surface area contributed by atoms with Gasteiger partial charge in [-0.3, -0.25) is 0 Å². The third kappa shape index (κ3) is 1.25. The highest BCUT2D eigenvalue weighted by Crippen LogP contribution is 2.36. The van der Waals surface area contributed by atoms with Gasteiger partial charge in [0.05, 0.1) is 12.2 Å². The molecule has 0 aromatic carbocycles. The lowest BCUT2D eigenvalue weighted by Gasteiger charge is -2.30. The second-order valence-corrected chi connectivity index (χ2v) is 3.67. The first kappa shape index (κ1) is 9.92. The van der Waals surface area contributed by atoms with E-state index in [0.29, 0.717) is 0 Å². The molecule has 0 aromatic heterocycles. The minimum Gasteiger partial charge on any atom is -0.390 e. The quantitative estimate of drug-likeness (QED) is 0.502. The predicted octanol–water partition coefficient (Wildman–Crippen LogP) is -0.529. The lowest BCUT2D eigenvalue weighted by molar-refractivity contribution is -0.182. The standard InChI is InChI=1S/C8H16O4/c1-4-6(10)8(3,5(2)9)12-7(4)11/h4-7,9-11H,1-3H3/t4-,5-,6-,7?,8-/m1/s1. The summed E-state index contributed by atoms with van der Waals surface area (Å²) in [7, 11) is 0. The molecule has 5 atom stereocenters. The number of hydrogen-bond donors (Lipinski definition) is 3. The van der Waals surface area contributed by atoms with E-state index >= 15 is 0 Å². The van der Waals surface area contributed by atoms with E-state index in [1.54, 1.807) is 13.8 Å². The van der Waals surface area contributed by atoms with Crippen LogP contribution in [0.1, 0.15) is 20.8 Å². The molecule has 0 aliphatic carbocycles. The summed E-state index contributed by atoms with van der Waals surface area (Å²) >= 11 is 0. The second-order valence-electron chi connectivity index (χ2n) is 3.67. The van der Waals surface area contributed by atoms with Crippen LogP contribution in [-0.4, -0.2) is 39.4 Å². The van der Waals surface area contributed by atoms with Gasteiger partial charge >= 0.3 is 0 Å². The molecule has 1 aliphatic rings. The van der Waals surface area contributed by atoms with E-state index in [4.69, 9.17) is 4.74 Å². The second kappa shape index (κ2) is 2.96. The summed E-state index contributed by atoms with van der Waals surface area (Å²) in [6.45, 7) is 4.81. The third-order valence-electron chi connectivity index (χ3n) is 2.74. The first-order chi connectivity index (χ1) is 5.39. The molecule has 1 aliphatic heterocycles. The van der Waals surface area contributed by atoms with E-state index in [1.807, 2.05) is 0 Å². The molecule has 4 nitrogen and oxygen atoms in total. The number of ether oxygens (including phenoxy) is 1. The molecular formula is C8H16O4. The Kier molecular flexibility index (Phi) is 2.45.